The van der Waals surface area contributed by atoms with Crippen LogP contribution >= 0.6 is 0 Å². The van der Waals surface area contributed by atoms with Gasteiger partial charge in [0.1, 0.15) is 0 Å². The smallest absolute Gasteiger partial charge is 0.220 e. The Labute approximate surface area is 109 Å². The average molecular weight is 249 g/mol. The molecular formula is C15H23NO2. The number of amides is 1. The lowest BCUT2D eigenvalue weighted by molar-refractivity contribution is -0.122. The van der Waals surface area contributed by atoms with Crippen molar-refractivity contribution in [3.8, 4) is 0 Å². The molecule has 0 aliphatic carbocycles. The third-order valence-corrected chi connectivity index (χ3v) is 2.87. The van der Waals surface area contributed by atoms with Gasteiger partial charge in [0.2, 0.25) is 5.91 Å². The van der Waals surface area contributed by atoms with Crippen molar-refractivity contribution in [1.82, 2.24) is 5.32 Å². The minimum absolute atomic E-state index is 0.00664. The van der Waals surface area contributed by atoms with Crippen molar-refractivity contribution >= 4 is 5.91 Å². The summed E-state index contributed by atoms with van der Waals surface area (Å²) in [6.07, 6.45) is 0.882. The van der Waals surface area contributed by atoms with Gasteiger partial charge in [-0.2, -0.15) is 0 Å². The average Bonchev–Trinajstić information content (AvgIpc) is 2.33. The first kappa shape index (κ1) is 14.7. The van der Waals surface area contributed by atoms with Gasteiger partial charge < -0.3 is 10.4 Å². The summed E-state index contributed by atoms with van der Waals surface area (Å²) in [7, 11) is 0. The molecule has 0 aliphatic rings. The van der Waals surface area contributed by atoms with E-state index in [2.05, 4.69) is 26.1 Å². The highest BCUT2D eigenvalue weighted by Crippen LogP contribution is 2.32. The molecule has 0 radical (unpaired) electrons. The molecular weight excluding hydrogens is 226 g/mol. The molecule has 1 aromatic rings. The Morgan fingerprint density at radius 3 is 2.39 bits per heavy atom. The third-order valence-electron chi connectivity index (χ3n) is 2.87. The van der Waals surface area contributed by atoms with E-state index in [1.807, 2.05) is 30.3 Å². The van der Waals surface area contributed by atoms with Crippen LogP contribution in [-0.2, 0) is 4.79 Å². The largest absolute Gasteiger partial charge is 0.396 e. The van der Waals surface area contributed by atoms with Crippen LogP contribution in [0.3, 0.4) is 0 Å². The zero-order valence-corrected chi connectivity index (χ0v) is 11.4. The number of benzene rings is 1. The summed E-state index contributed by atoms with van der Waals surface area (Å²) in [5, 5.41) is 11.8. The van der Waals surface area contributed by atoms with Crippen LogP contribution in [0.2, 0.25) is 0 Å². The normalized spacial score (nSPS) is 13.1. The minimum atomic E-state index is -0.0454. The molecule has 1 aromatic carbocycles. The fourth-order valence-corrected chi connectivity index (χ4v) is 1.92. The Hall–Kier alpha value is -1.35. The molecule has 0 heterocycles. The molecule has 0 saturated carbocycles. The lowest BCUT2D eigenvalue weighted by Crippen LogP contribution is -2.36. The molecule has 0 aliphatic heterocycles. The predicted molar refractivity (Wildman–Crippen MR) is 73.1 cm³/mol. The van der Waals surface area contributed by atoms with Crippen LogP contribution in [0, 0.1) is 5.41 Å². The number of rotatable bonds is 5. The maximum absolute atomic E-state index is 11.8. The van der Waals surface area contributed by atoms with Gasteiger partial charge in [0.25, 0.3) is 0 Å². The van der Waals surface area contributed by atoms with Crippen LogP contribution in [0.5, 0.6) is 0 Å². The molecule has 1 unspecified atom stereocenters. The van der Waals surface area contributed by atoms with Crippen LogP contribution < -0.4 is 5.32 Å². The third kappa shape index (κ3) is 4.49. The number of nitrogens with one attached hydrogen (secondary N) is 1. The summed E-state index contributed by atoms with van der Waals surface area (Å²) >= 11 is 0. The quantitative estimate of drug-likeness (QED) is 0.843. The van der Waals surface area contributed by atoms with E-state index in [0.29, 0.717) is 12.8 Å². The van der Waals surface area contributed by atoms with Crippen molar-refractivity contribution < 1.29 is 9.90 Å². The Kier molecular flexibility index (Phi) is 5.35. The van der Waals surface area contributed by atoms with Gasteiger partial charge in [0, 0.05) is 13.0 Å². The summed E-state index contributed by atoms with van der Waals surface area (Å²) in [6.45, 7) is 6.38. The van der Waals surface area contributed by atoms with Gasteiger partial charge in [-0.05, 0) is 17.4 Å². The van der Waals surface area contributed by atoms with Gasteiger partial charge >= 0.3 is 0 Å². The first-order valence-corrected chi connectivity index (χ1v) is 6.40. The SMILES string of the molecule is CC(C)(C)C(NC(=O)CCCO)c1ccccc1. The number of hydrogen-bond acceptors (Lipinski definition) is 2. The van der Waals surface area contributed by atoms with E-state index in [9.17, 15) is 4.79 Å². The summed E-state index contributed by atoms with van der Waals surface area (Å²) in [5.41, 5.74) is 1.07. The summed E-state index contributed by atoms with van der Waals surface area (Å²) in [5.74, 6) is -0.00664. The molecule has 3 heteroatoms. The van der Waals surface area contributed by atoms with Crippen LogP contribution in [0.25, 0.3) is 0 Å². The zero-order chi connectivity index (χ0) is 13.6. The first-order chi connectivity index (χ1) is 8.45. The van der Waals surface area contributed by atoms with Crippen molar-refractivity contribution in [1.29, 1.82) is 0 Å². The van der Waals surface area contributed by atoms with Crippen molar-refractivity contribution in [2.75, 3.05) is 6.61 Å². The second-order valence-electron chi connectivity index (χ2n) is 5.60. The lowest BCUT2D eigenvalue weighted by Gasteiger charge is -2.32. The van der Waals surface area contributed by atoms with Gasteiger partial charge in [0.15, 0.2) is 0 Å². The van der Waals surface area contributed by atoms with Gasteiger partial charge in [-0.25, -0.2) is 0 Å². The fraction of sp³-hybridized carbons (Fsp3) is 0.533. The molecule has 0 spiro atoms. The van der Waals surface area contributed by atoms with Crippen molar-refractivity contribution in [2.45, 2.75) is 39.7 Å². The number of aliphatic hydroxyl groups is 1. The highest BCUT2D eigenvalue weighted by molar-refractivity contribution is 5.76. The molecule has 0 aromatic heterocycles. The number of carbonyl (C=O) groups is 1. The van der Waals surface area contributed by atoms with Gasteiger partial charge in [0.05, 0.1) is 6.04 Å². The van der Waals surface area contributed by atoms with Gasteiger partial charge in [-0.1, -0.05) is 51.1 Å². The van der Waals surface area contributed by atoms with E-state index in [0.717, 1.165) is 5.56 Å². The van der Waals surface area contributed by atoms with Crippen LogP contribution in [0.15, 0.2) is 30.3 Å². The van der Waals surface area contributed by atoms with E-state index in [4.69, 9.17) is 5.11 Å². The molecule has 2 N–H and O–H groups in total. The number of carbonyl (C=O) groups excluding carboxylic acids is 1. The van der Waals surface area contributed by atoms with Crippen molar-refractivity contribution in [2.24, 2.45) is 5.41 Å². The van der Waals surface area contributed by atoms with Crippen LogP contribution in [-0.4, -0.2) is 17.6 Å². The Bertz CT molecular complexity index is 368. The van der Waals surface area contributed by atoms with E-state index in [1.54, 1.807) is 0 Å². The molecule has 1 rings (SSSR count). The summed E-state index contributed by atoms with van der Waals surface area (Å²) in [4.78, 5) is 11.8. The molecule has 0 fully saturated rings. The van der Waals surface area contributed by atoms with Gasteiger partial charge in [-0.3, -0.25) is 4.79 Å². The molecule has 1 atom stereocenters. The number of aliphatic hydroxyl groups excluding tert-OH is 1. The van der Waals surface area contributed by atoms with Crippen LogP contribution in [0.4, 0.5) is 0 Å². The standard InChI is InChI=1S/C15H23NO2/c1-15(2,3)14(12-8-5-4-6-9-12)16-13(18)10-7-11-17/h4-6,8-9,14,17H,7,10-11H2,1-3H3,(H,16,18). The predicted octanol–water partition coefficient (Wildman–Crippen LogP) is 2.66. The second-order valence-corrected chi connectivity index (χ2v) is 5.60. The topological polar surface area (TPSA) is 49.3 Å². The molecule has 0 saturated heterocycles. The lowest BCUT2D eigenvalue weighted by atomic mass is 9.82. The van der Waals surface area contributed by atoms with Gasteiger partial charge in [-0.15, -0.1) is 0 Å². The molecule has 3 nitrogen and oxygen atoms in total. The maximum atomic E-state index is 11.8. The zero-order valence-electron chi connectivity index (χ0n) is 11.4. The highest BCUT2D eigenvalue weighted by atomic mass is 16.3. The fourth-order valence-electron chi connectivity index (χ4n) is 1.92. The van der Waals surface area contributed by atoms with E-state index in [1.165, 1.54) is 0 Å². The van der Waals surface area contributed by atoms with E-state index >= 15 is 0 Å². The van der Waals surface area contributed by atoms with Crippen molar-refractivity contribution in [3.05, 3.63) is 35.9 Å². The monoisotopic (exact) mass is 249 g/mol. The highest BCUT2D eigenvalue weighted by Gasteiger charge is 2.27. The van der Waals surface area contributed by atoms with E-state index in [-0.39, 0.29) is 24.0 Å². The summed E-state index contributed by atoms with van der Waals surface area (Å²) in [6, 6.07) is 9.98. The van der Waals surface area contributed by atoms with E-state index < -0.39 is 0 Å². The minimum Gasteiger partial charge on any atom is -0.396 e. The number of hydrogen-bond donors (Lipinski definition) is 2. The Morgan fingerprint density at radius 2 is 1.89 bits per heavy atom. The first-order valence-electron chi connectivity index (χ1n) is 6.40. The Morgan fingerprint density at radius 1 is 1.28 bits per heavy atom. The van der Waals surface area contributed by atoms with Crippen LogP contribution in [0.1, 0.15) is 45.2 Å². The molecule has 18 heavy (non-hydrogen) atoms. The molecule has 1 amide bonds. The summed E-state index contributed by atoms with van der Waals surface area (Å²) < 4.78 is 0. The Balaban J connectivity index is 2.78. The molecule has 0 bridgehead atoms. The molecule has 100 valence electrons. The van der Waals surface area contributed by atoms with Crippen molar-refractivity contribution in [3.63, 3.8) is 0 Å². The maximum Gasteiger partial charge on any atom is 0.220 e. The second kappa shape index (κ2) is 6.55.